The lowest BCUT2D eigenvalue weighted by molar-refractivity contribution is -0.384. The lowest BCUT2D eigenvalue weighted by atomic mass is 10.1. The quantitative estimate of drug-likeness (QED) is 0.432. The molecule has 2 N–H and O–H groups in total. The number of urea groups is 1. The first-order chi connectivity index (χ1) is 13.3. The molecule has 1 atom stereocenters. The van der Waals surface area contributed by atoms with Crippen LogP contribution in [0.25, 0.3) is 0 Å². The van der Waals surface area contributed by atoms with Gasteiger partial charge in [-0.25, -0.2) is 9.59 Å². The van der Waals surface area contributed by atoms with E-state index < -0.39 is 34.6 Å². The first-order valence-electron chi connectivity index (χ1n) is 8.12. The average Bonchev–Trinajstić information content (AvgIpc) is 2.66. The minimum Gasteiger partial charge on any atom is -0.444 e. The van der Waals surface area contributed by atoms with Gasteiger partial charge in [-0.1, -0.05) is 41.9 Å². The molecule has 28 heavy (non-hydrogen) atoms. The van der Waals surface area contributed by atoms with Gasteiger partial charge < -0.3 is 10.1 Å². The predicted molar refractivity (Wildman–Crippen MR) is 99.9 cm³/mol. The molecular formula is C18H16ClN3O6. The Morgan fingerprint density at radius 3 is 2.46 bits per heavy atom. The topological polar surface area (TPSA) is 128 Å². The van der Waals surface area contributed by atoms with E-state index in [4.69, 9.17) is 16.3 Å². The number of hydrogen-bond acceptors (Lipinski definition) is 6. The Morgan fingerprint density at radius 1 is 1.18 bits per heavy atom. The third-order valence-corrected chi connectivity index (χ3v) is 3.84. The Labute approximate surface area is 164 Å². The van der Waals surface area contributed by atoms with Crippen LogP contribution in [0.5, 0.6) is 0 Å². The number of benzene rings is 2. The molecule has 0 bridgehead atoms. The summed E-state index contributed by atoms with van der Waals surface area (Å²) >= 11 is 5.73. The summed E-state index contributed by atoms with van der Waals surface area (Å²) in [5, 5.41) is 15.3. The van der Waals surface area contributed by atoms with Crippen LogP contribution in [0.15, 0.2) is 48.5 Å². The maximum absolute atomic E-state index is 12.5. The molecule has 0 fully saturated rings. The van der Waals surface area contributed by atoms with Gasteiger partial charge >= 0.3 is 12.0 Å². The molecule has 10 heteroatoms. The summed E-state index contributed by atoms with van der Waals surface area (Å²) in [6.07, 6.45) is -1.44. The van der Waals surface area contributed by atoms with E-state index in [9.17, 15) is 24.5 Å². The third-order valence-electron chi connectivity index (χ3n) is 3.52. The fraction of sp³-hybridized carbons (Fsp3) is 0.167. The zero-order valence-corrected chi connectivity index (χ0v) is 15.4. The molecule has 9 nitrogen and oxygen atoms in total. The molecule has 0 aromatic heterocycles. The summed E-state index contributed by atoms with van der Waals surface area (Å²) in [6.45, 7) is 1.97. The second-order valence-corrected chi connectivity index (χ2v) is 5.88. The van der Waals surface area contributed by atoms with Crippen molar-refractivity contribution < 1.29 is 24.0 Å². The van der Waals surface area contributed by atoms with Crippen molar-refractivity contribution in [3.05, 3.63) is 74.8 Å². The van der Waals surface area contributed by atoms with Crippen LogP contribution in [0.1, 0.15) is 28.9 Å². The summed E-state index contributed by atoms with van der Waals surface area (Å²) in [5.41, 5.74) is -0.317. The fourth-order valence-electron chi connectivity index (χ4n) is 2.24. The van der Waals surface area contributed by atoms with Crippen molar-refractivity contribution >= 4 is 35.2 Å². The summed E-state index contributed by atoms with van der Waals surface area (Å²) < 4.78 is 5.24. The number of carbonyl (C=O) groups is 3. The van der Waals surface area contributed by atoms with Crippen molar-refractivity contribution in [2.24, 2.45) is 0 Å². The van der Waals surface area contributed by atoms with Gasteiger partial charge in [0.15, 0.2) is 0 Å². The second kappa shape index (κ2) is 9.47. The van der Waals surface area contributed by atoms with Crippen LogP contribution < -0.4 is 10.6 Å². The third kappa shape index (κ3) is 5.27. The molecule has 0 aliphatic carbocycles. The number of rotatable bonds is 6. The minimum atomic E-state index is -1.44. The monoisotopic (exact) mass is 405 g/mol. The lowest BCUT2D eigenvalue weighted by Gasteiger charge is -2.17. The van der Waals surface area contributed by atoms with Gasteiger partial charge in [-0.3, -0.25) is 20.2 Å². The molecule has 2 aromatic carbocycles. The predicted octanol–water partition coefficient (Wildman–Crippen LogP) is 2.99. The van der Waals surface area contributed by atoms with Gasteiger partial charge in [0.2, 0.25) is 6.10 Å². The van der Waals surface area contributed by atoms with Gasteiger partial charge in [0.1, 0.15) is 5.02 Å². The molecule has 0 radical (unpaired) electrons. The highest BCUT2D eigenvalue weighted by atomic mass is 35.5. The van der Waals surface area contributed by atoms with Crippen LogP contribution in [0.2, 0.25) is 5.02 Å². The standard InChI is InChI=1S/C18H16ClN3O6/c1-2-20-18(25)21-16(23)15(11-6-4-3-5-7-11)28-17(24)12-8-9-13(19)14(10-12)22(26)27/h3-10,15H,2H2,1H3,(H2,20,21,23,25)/t15-/m0/s1. The van der Waals surface area contributed by atoms with E-state index in [-0.39, 0.29) is 10.6 Å². The number of imide groups is 1. The van der Waals surface area contributed by atoms with E-state index in [1.807, 2.05) is 0 Å². The van der Waals surface area contributed by atoms with Crippen LogP contribution in [-0.4, -0.2) is 29.4 Å². The summed E-state index contributed by atoms with van der Waals surface area (Å²) in [7, 11) is 0. The largest absolute Gasteiger partial charge is 0.444 e. The molecule has 0 saturated carbocycles. The smallest absolute Gasteiger partial charge is 0.339 e. The summed E-state index contributed by atoms with van der Waals surface area (Å²) in [5.74, 6) is -1.85. The normalized spacial score (nSPS) is 11.2. The molecule has 2 aromatic rings. The van der Waals surface area contributed by atoms with Crippen molar-refractivity contribution in [3.8, 4) is 0 Å². The molecular weight excluding hydrogens is 390 g/mol. The van der Waals surface area contributed by atoms with Gasteiger partial charge in [0, 0.05) is 18.2 Å². The van der Waals surface area contributed by atoms with E-state index >= 15 is 0 Å². The zero-order chi connectivity index (χ0) is 20.7. The van der Waals surface area contributed by atoms with Gasteiger partial charge in [-0.2, -0.15) is 0 Å². The SMILES string of the molecule is CCNC(=O)NC(=O)[C@@H](OC(=O)c1ccc(Cl)c([N+](=O)[O-])c1)c1ccccc1. The van der Waals surface area contributed by atoms with E-state index in [1.54, 1.807) is 37.3 Å². The Morgan fingerprint density at radius 2 is 1.86 bits per heavy atom. The van der Waals surface area contributed by atoms with Crippen LogP contribution >= 0.6 is 11.6 Å². The zero-order valence-electron chi connectivity index (χ0n) is 14.7. The molecule has 0 heterocycles. The Bertz CT molecular complexity index is 903. The number of hydrogen-bond donors (Lipinski definition) is 2. The van der Waals surface area contributed by atoms with Crippen molar-refractivity contribution in [1.82, 2.24) is 10.6 Å². The number of halogens is 1. The minimum absolute atomic E-state index is 0.143. The molecule has 0 aliphatic heterocycles. The van der Waals surface area contributed by atoms with Gasteiger partial charge in [-0.15, -0.1) is 0 Å². The average molecular weight is 406 g/mol. The van der Waals surface area contributed by atoms with E-state index in [2.05, 4.69) is 10.6 Å². The molecule has 2 rings (SSSR count). The number of nitrogens with one attached hydrogen (secondary N) is 2. The molecule has 3 amide bonds. The van der Waals surface area contributed by atoms with Crippen molar-refractivity contribution in [2.45, 2.75) is 13.0 Å². The summed E-state index contributed by atoms with van der Waals surface area (Å²) in [4.78, 5) is 46.8. The van der Waals surface area contributed by atoms with Gasteiger partial charge in [0.25, 0.3) is 11.6 Å². The number of ether oxygens (including phenoxy) is 1. The second-order valence-electron chi connectivity index (χ2n) is 5.47. The van der Waals surface area contributed by atoms with Crippen LogP contribution in [0.3, 0.4) is 0 Å². The van der Waals surface area contributed by atoms with Crippen molar-refractivity contribution in [2.75, 3.05) is 6.54 Å². The van der Waals surface area contributed by atoms with Crippen LogP contribution in [0, 0.1) is 10.1 Å². The van der Waals surface area contributed by atoms with Crippen molar-refractivity contribution in [1.29, 1.82) is 0 Å². The number of esters is 1. The maximum Gasteiger partial charge on any atom is 0.339 e. The number of nitro benzene ring substituents is 1. The molecule has 0 spiro atoms. The van der Waals surface area contributed by atoms with Crippen LogP contribution in [0.4, 0.5) is 10.5 Å². The Hall–Kier alpha value is -3.46. The van der Waals surface area contributed by atoms with Gasteiger partial charge in [0.05, 0.1) is 10.5 Å². The van der Waals surface area contributed by atoms with Crippen molar-refractivity contribution in [3.63, 3.8) is 0 Å². The van der Waals surface area contributed by atoms with Gasteiger partial charge in [-0.05, 0) is 19.1 Å². The number of nitrogens with zero attached hydrogens (tertiary/aromatic N) is 1. The highest BCUT2D eigenvalue weighted by molar-refractivity contribution is 6.32. The highest BCUT2D eigenvalue weighted by Crippen LogP contribution is 2.27. The lowest BCUT2D eigenvalue weighted by Crippen LogP contribution is -2.42. The molecule has 0 aliphatic rings. The molecule has 0 unspecified atom stereocenters. The first-order valence-corrected chi connectivity index (χ1v) is 8.49. The highest BCUT2D eigenvalue weighted by Gasteiger charge is 2.28. The first kappa shape index (κ1) is 20.8. The maximum atomic E-state index is 12.5. The molecule has 0 saturated heterocycles. The molecule has 146 valence electrons. The Balaban J connectivity index is 2.28. The van der Waals surface area contributed by atoms with Crippen LogP contribution in [-0.2, 0) is 9.53 Å². The summed E-state index contributed by atoms with van der Waals surface area (Å²) in [6, 6.07) is 10.7. The van der Waals surface area contributed by atoms with E-state index in [1.165, 1.54) is 12.1 Å². The number of carbonyl (C=O) groups excluding carboxylic acids is 3. The number of nitro groups is 1. The van der Waals surface area contributed by atoms with E-state index in [0.29, 0.717) is 12.1 Å². The fourth-order valence-corrected chi connectivity index (χ4v) is 2.42. The Kier molecular flexibility index (Phi) is 7.05. The van der Waals surface area contributed by atoms with E-state index in [0.717, 1.165) is 6.07 Å². The number of amides is 3.